The molecule has 0 unspecified atom stereocenters. The molecule has 0 atom stereocenters. The molecule has 0 bridgehead atoms. The van der Waals surface area contributed by atoms with E-state index in [4.69, 9.17) is 9.15 Å². The van der Waals surface area contributed by atoms with Crippen LogP contribution in [0.25, 0.3) is 22.3 Å². The normalized spacial score (nSPS) is 10.6. The van der Waals surface area contributed by atoms with Gasteiger partial charge in [0.1, 0.15) is 11.5 Å². The molecule has 0 saturated heterocycles. The van der Waals surface area contributed by atoms with Gasteiger partial charge in [0.15, 0.2) is 11.0 Å². The van der Waals surface area contributed by atoms with E-state index in [0.717, 1.165) is 6.07 Å². The van der Waals surface area contributed by atoms with E-state index in [2.05, 4.69) is 10.3 Å². The van der Waals surface area contributed by atoms with Crippen LogP contribution in [0.3, 0.4) is 0 Å². The van der Waals surface area contributed by atoms with Crippen LogP contribution in [0.4, 0.5) is 10.5 Å². The molecule has 1 aromatic carbocycles. The van der Waals surface area contributed by atoms with Gasteiger partial charge in [-0.25, -0.2) is 4.79 Å². The third-order valence-corrected chi connectivity index (χ3v) is 3.41. The number of hydrogen-bond acceptors (Lipinski definition) is 6. The summed E-state index contributed by atoms with van der Waals surface area (Å²) in [6.45, 7) is 1.84. The number of nitrogens with one attached hydrogen (secondary N) is 2. The van der Waals surface area contributed by atoms with Crippen molar-refractivity contribution < 1.29 is 19.1 Å². The number of benzene rings is 1. The highest BCUT2D eigenvalue weighted by Crippen LogP contribution is 2.31. The van der Waals surface area contributed by atoms with Crippen molar-refractivity contribution in [2.45, 2.75) is 6.92 Å². The second-order valence-electron chi connectivity index (χ2n) is 5.13. The van der Waals surface area contributed by atoms with E-state index in [1.807, 2.05) is 0 Å². The molecule has 3 aromatic rings. The number of phenols is 1. The van der Waals surface area contributed by atoms with E-state index >= 15 is 0 Å². The lowest BCUT2D eigenvalue weighted by molar-refractivity contribution is 0.168. The Morgan fingerprint density at radius 2 is 2.08 bits per heavy atom. The van der Waals surface area contributed by atoms with Crippen LogP contribution in [-0.4, -0.2) is 22.8 Å². The molecule has 0 spiro atoms. The van der Waals surface area contributed by atoms with Crippen LogP contribution in [0.15, 0.2) is 50.5 Å². The van der Waals surface area contributed by atoms with Crippen molar-refractivity contribution in [3.8, 4) is 17.1 Å². The quantitative estimate of drug-likeness (QED) is 0.672. The van der Waals surface area contributed by atoms with Crippen molar-refractivity contribution in [1.29, 1.82) is 0 Å². The molecule has 25 heavy (non-hydrogen) atoms. The van der Waals surface area contributed by atoms with Gasteiger partial charge >= 0.3 is 6.09 Å². The summed E-state index contributed by atoms with van der Waals surface area (Å²) in [5.41, 5.74) is -0.0435. The molecule has 0 aliphatic carbocycles. The second kappa shape index (κ2) is 6.52. The fourth-order valence-corrected chi connectivity index (χ4v) is 2.34. The van der Waals surface area contributed by atoms with Gasteiger partial charge in [-0.05, 0) is 19.1 Å². The minimum atomic E-state index is -0.707. The Hall–Kier alpha value is -3.55. The maximum Gasteiger partial charge on any atom is 0.411 e. The average Bonchev–Trinajstić information content (AvgIpc) is 2.56. The smallest absolute Gasteiger partial charge is 0.411 e. The Morgan fingerprint density at radius 1 is 1.28 bits per heavy atom. The number of rotatable bonds is 3. The van der Waals surface area contributed by atoms with Crippen molar-refractivity contribution in [3.05, 3.63) is 57.1 Å². The monoisotopic (exact) mass is 342 g/mol. The topological polar surface area (TPSA) is 122 Å². The van der Waals surface area contributed by atoms with Crippen molar-refractivity contribution >= 4 is 22.7 Å². The summed E-state index contributed by atoms with van der Waals surface area (Å²) < 4.78 is 10.5. The summed E-state index contributed by atoms with van der Waals surface area (Å²) >= 11 is 0. The highest BCUT2D eigenvalue weighted by Gasteiger charge is 2.14. The molecular formula is C17H14N2O6. The van der Waals surface area contributed by atoms with Gasteiger partial charge in [-0.3, -0.25) is 14.9 Å². The van der Waals surface area contributed by atoms with Gasteiger partial charge in [-0.1, -0.05) is 0 Å². The summed E-state index contributed by atoms with van der Waals surface area (Å²) in [5, 5.41) is 12.3. The molecule has 128 valence electrons. The van der Waals surface area contributed by atoms with Gasteiger partial charge in [-0.2, -0.15) is 0 Å². The lowest BCUT2D eigenvalue weighted by Crippen LogP contribution is -2.14. The Balaban J connectivity index is 2.14. The van der Waals surface area contributed by atoms with Crippen molar-refractivity contribution in [1.82, 2.24) is 4.98 Å². The van der Waals surface area contributed by atoms with E-state index in [1.54, 1.807) is 6.92 Å². The Labute approximate surface area is 140 Å². The maximum absolute atomic E-state index is 12.3. The summed E-state index contributed by atoms with van der Waals surface area (Å²) in [7, 11) is 0. The van der Waals surface area contributed by atoms with Crippen LogP contribution < -0.4 is 16.3 Å². The number of anilines is 1. The molecule has 8 heteroatoms. The number of aromatic hydroxyl groups is 1. The molecule has 0 fully saturated rings. The van der Waals surface area contributed by atoms with E-state index in [1.165, 1.54) is 30.5 Å². The SMILES string of the molecule is CCOC(=O)Nc1cc(O)ccc1-c1cc(=O)c2cc(=O)[nH]cc2o1. The third-order valence-electron chi connectivity index (χ3n) is 3.41. The van der Waals surface area contributed by atoms with Crippen molar-refractivity contribution in [2.75, 3.05) is 11.9 Å². The van der Waals surface area contributed by atoms with E-state index in [0.29, 0.717) is 5.56 Å². The number of aromatic amines is 1. The highest BCUT2D eigenvalue weighted by atomic mass is 16.5. The van der Waals surface area contributed by atoms with Crippen LogP contribution >= 0.6 is 0 Å². The van der Waals surface area contributed by atoms with Crippen molar-refractivity contribution in [2.24, 2.45) is 0 Å². The number of fused-ring (bicyclic) bond motifs is 1. The molecular weight excluding hydrogens is 328 g/mol. The molecule has 3 rings (SSSR count). The zero-order valence-electron chi connectivity index (χ0n) is 13.2. The van der Waals surface area contributed by atoms with Crippen molar-refractivity contribution in [3.63, 3.8) is 0 Å². The number of phenolic OH excluding ortho intramolecular Hbond substituents is 1. The number of ether oxygens (including phenoxy) is 1. The first-order valence-corrected chi connectivity index (χ1v) is 7.41. The predicted octanol–water partition coefficient (Wildman–Crippen LogP) is 2.42. The Morgan fingerprint density at radius 3 is 2.84 bits per heavy atom. The minimum absolute atomic E-state index is 0.0805. The van der Waals surface area contributed by atoms with Gasteiger partial charge in [0.05, 0.1) is 17.7 Å². The highest BCUT2D eigenvalue weighted by molar-refractivity contribution is 5.91. The molecule has 0 aliphatic rings. The summed E-state index contributed by atoms with van der Waals surface area (Å²) in [4.78, 5) is 37.7. The molecule has 1 amide bonds. The van der Waals surface area contributed by atoms with E-state index in [9.17, 15) is 19.5 Å². The van der Waals surface area contributed by atoms with E-state index in [-0.39, 0.29) is 34.8 Å². The molecule has 8 nitrogen and oxygen atoms in total. The molecule has 0 saturated carbocycles. The van der Waals surface area contributed by atoms with Gasteiger partial charge in [0, 0.05) is 30.0 Å². The predicted molar refractivity (Wildman–Crippen MR) is 90.9 cm³/mol. The minimum Gasteiger partial charge on any atom is -0.508 e. The van der Waals surface area contributed by atoms with Gasteiger partial charge in [-0.15, -0.1) is 0 Å². The summed E-state index contributed by atoms with van der Waals surface area (Å²) in [6.07, 6.45) is 0.586. The van der Waals surface area contributed by atoms with Crippen LogP contribution in [0, 0.1) is 0 Å². The van der Waals surface area contributed by atoms with Crippen LogP contribution in [0.2, 0.25) is 0 Å². The molecule has 2 heterocycles. The van der Waals surface area contributed by atoms with Crippen LogP contribution in [-0.2, 0) is 4.74 Å². The molecule has 2 aromatic heterocycles. The first-order valence-electron chi connectivity index (χ1n) is 7.41. The summed E-state index contributed by atoms with van der Waals surface area (Å²) in [6, 6.07) is 6.56. The molecule has 3 N–H and O–H groups in total. The number of carbonyl (C=O) groups excluding carboxylic acids is 1. The fraction of sp³-hybridized carbons (Fsp3) is 0.118. The summed E-state index contributed by atoms with van der Waals surface area (Å²) in [5.74, 6) is 0.0827. The largest absolute Gasteiger partial charge is 0.508 e. The number of H-pyrrole nitrogens is 1. The number of amides is 1. The van der Waals surface area contributed by atoms with Gasteiger partial charge < -0.3 is 19.2 Å². The first kappa shape index (κ1) is 16.3. The lowest BCUT2D eigenvalue weighted by Gasteiger charge is -2.11. The number of hydrogen-bond donors (Lipinski definition) is 3. The maximum atomic E-state index is 12.3. The lowest BCUT2D eigenvalue weighted by atomic mass is 10.1. The zero-order chi connectivity index (χ0) is 18.0. The van der Waals surface area contributed by atoms with E-state index < -0.39 is 17.1 Å². The Kier molecular flexibility index (Phi) is 4.25. The second-order valence-corrected chi connectivity index (χ2v) is 5.13. The van der Waals surface area contributed by atoms with Gasteiger partial charge in [0.2, 0.25) is 5.56 Å². The molecule has 0 aliphatic heterocycles. The number of carbonyl (C=O) groups is 1. The zero-order valence-corrected chi connectivity index (χ0v) is 13.2. The number of pyridine rings is 1. The van der Waals surface area contributed by atoms with Crippen LogP contribution in [0.1, 0.15) is 6.92 Å². The average molecular weight is 342 g/mol. The first-order chi connectivity index (χ1) is 12.0. The third kappa shape index (κ3) is 3.37. The fourth-order valence-electron chi connectivity index (χ4n) is 2.34. The van der Waals surface area contributed by atoms with Crippen LogP contribution in [0.5, 0.6) is 5.75 Å². The standard InChI is InChI=1S/C17H14N2O6/c1-2-24-17(23)19-12-5-9(20)3-4-10(12)14-7-13(21)11-6-16(22)18-8-15(11)25-14/h3-8,20H,2H2,1H3,(H,18,22)(H,19,23). The number of aromatic nitrogens is 1. The Bertz CT molecular complexity index is 1070. The van der Waals surface area contributed by atoms with Gasteiger partial charge in [0.25, 0.3) is 0 Å². The molecule has 0 radical (unpaired) electrons.